The van der Waals surface area contributed by atoms with E-state index in [1.807, 2.05) is 50.2 Å². The van der Waals surface area contributed by atoms with Crippen molar-refractivity contribution < 1.29 is 23.5 Å². The molecule has 4 rings (SSSR count). The first-order valence-corrected chi connectivity index (χ1v) is 11.0. The third kappa shape index (κ3) is 4.25. The second-order valence-corrected chi connectivity index (χ2v) is 8.52. The summed E-state index contributed by atoms with van der Waals surface area (Å²) in [5, 5.41) is 3.97. The number of ether oxygens (including phenoxy) is 2. The van der Waals surface area contributed by atoms with Crippen molar-refractivity contribution in [2.75, 3.05) is 20.3 Å². The van der Waals surface area contributed by atoms with Crippen LogP contribution in [-0.2, 0) is 19.1 Å². The number of nitrogens with one attached hydrogen (secondary N) is 1. The van der Waals surface area contributed by atoms with E-state index in [-0.39, 0.29) is 18.3 Å². The Morgan fingerprint density at radius 2 is 1.94 bits per heavy atom. The van der Waals surface area contributed by atoms with Gasteiger partial charge in [-0.25, -0.2) is 4.79 Å². The van der Waals surface area contributed by atoms with Crippen molar-refractivity contribution in [3.63, 3.8) is 0 Å². The predicted molar refractivity (Wildman–Crippen MR) is 120 cm³/mol. The summed E-state index contributed by atoms with van der Waals surface area (Å²) < 4.78 is 16.3. The third-order valence-corrected chi connectivity index (χ3v) is 6.30. The first kappa shape index (κ1) is 22.4. The van der Waals surface area contributed by atoms with Crippen molar-refractivity contribution in [1.82, 2.24) is 5.32 Å². The fourth-order valence-electron chi connectivity index (χ4n) is 4.52. The number of aryl methyl sites for hydroxylation is 1. The molecule has 2 aromatic rings. The van der Waals surface area contributed by atoms with Crippen LogP contribution in [0, 0.1) is 6.92 Å². The van der Waals surface area contributed by atoms with Crippen LogP contribution in [0.15, 0.2) is 63.4 Å². The topological polar surface area (TPSA) is 77.8 Å². The minimum atomic E-state index is -0.616. The number of hydrogen-bond acceptors (Lipinski definition) is 6. The molecule has 6 nitrogen and oxygen atoms in total. The van der Waals surface area contributed by atoms with E-state index in [2.05, 4.69) is 5.32 Å². The average Bonchev–Trinajstić information content (AvgIpc) is 3.19. The second kappa shape index (κ2) is 9.35. The number of carbonyl (C=O) groups is 2. The van der Waals surface area contributed by atoms with Gasteiger partial charge in [-0.2, -0.15) is 0 Å². The molecule has 1 aromatic carbocycles. The monoisotopic (exact) mass is 455 g/mol. The van der Waals surface area contributed by atoms with Crippen LogP contribution in [0.4, 0.5) is 0 Å². The summed E-state index contributed by atoms with van der Waals surface area (Å²) in [5.74, 6) is 0.0944. The zero-order chi connectivity index (χ0) is 22.8. The van der Waals surface area contributed by atoms with E-state index in [0.29, 0.717) is 52.8 Å². The lowest BCUT2D eigenvalue weighted by Gasteiger charge is -2.36. The predicted octanol–water partition coefficient (Wildman–Crippen LogP) is 4.79. The van der Waals surface area contributed by atoms with Gasteiger partial charge in [0, 0.05) is 35.5 Å². The zero-order valence-electron chi connectivity index (χ0n) is 18.4. The Hall–Kier alpha value is -2.83. The molecule has 2 aliphatic rings. The van der Waals surface area contributed by atoms with Crippen LogP contribution in [-0.4, -0.2) is 32.1 Å². The smallest absolute Gasteiger partial charge is 0.336 e. The maximum absolute atomic E-state index is 13.5. The number of methoxy groups -OCH3 is 1. The van der Waals surface area contributed by atoms with Crippen LogP contribution in [0.1, 0.15) is 48.7 Å². The number of benzene rings is 1. The van der Waals surface area contributed by atoms with Crippen molar-refractivity contribution >= 4 is 23.4 Å². The molecule has 0 spiro atoms. The summed E-state index contributed by atoms with van der Waals surface area (Å²) in [7, 11) is 1.54. The van der Waals surface area contributed by atoms with Crippen molar-refractivity contribution in [2.45, 2.75) is 38.5 Å². The molecular weight excluding hydrogens is 430 g/mol. The molecule has 0 saturated carbocycles. The molecule has 7 heteroatoms. The van der Waals surface area contributed by atoms with Gasteiger partial charge in [0.2, 0.25) is 0 Å². The van der Waals surface area contributed by atoms with Gasteiger partial charge in [0.1, 0.15) is 18.1 Å². The van der Waals surface area contributed by atoms with Crippen molar-refractivity contribution in [3.05, 3.63) is 81.0 Å². The summed E-state index contributed by atoms with van der Waals surface area (Å²) in [5.41, 5.74) is 3.35. The molecule has 1 aromatic heterocycles. The molecule has 1 N–H and O–H groups in total. The number of esters is 1. The van der Waals surface area contributed by atoms with E-state index in [1.54, 1.807) is 7.11 Å². The Morgan fingerprint density at radius 1 is 1.16 bits per heavy atom. The van der Waals surface area contributed by atoms with Gasteiger partial charge >= 0.3 is 5.97 Å². The van der Waals surface area contributed by atoms with Crippen LogP contribution in [0.5, 0.6) is 0 Å². The minimum Gasteiger partial charge on any atom is -0.465 e. The van der Waals surface area contributed by atoms with E-state index in [1.165, 1.54) is 0 Å². The molecular formula is C25H26ClNO5. The van der Waals surface area contributed by atoms with Crippen LogP contribution in [0.3, 0.4) is 0 Å². The standard InChI is InChI=1S/C25H26ClNO5/c1-14-8-9-21(32-14)24-22(25(29)31-11-10-30-3)15(2)27-19-12-16(13-20(28)23(19)24)17-6-4-5-7-18(17)26/h4-9,16,24,27H,10-13H2,1-3H3/t16-,24+/m0/s1. The molecule has 1 aliphatic carbocycles. The second-order valence-electron chi connectivity index (χ2n) is 8.12. The summed E-state index contributed by atoms with van der Waals surface area (Å²) in [6.45, 7) is 4.08. The van der Waals surface area contributed by atoms with Gasteiger partial charge in [0.05, 0.1) is 18.1 Å². The Labute approximate surface area is 192 Å². The number of dihydropyridines is 1. The average molecular weight is 456 g/mol. The third-order valence-electron chi connectivity index (χ3n) is 5.96. The normalized spacial score (nSPS) is 20.8. The fourth-order valence-corrected chi connectivity index (χ4v) is 4.81. The summed E-state index contributed by atoms with van der Waals surface area (Å²) in [6, 6.07) is 11.3. The lowest BCUT2D eigenvalue weighted by Crippen LogP contribution is -2.36. The molecule has 2 atom stereocenters. The number of allylic oxidation sites excluding steroid dienone is 3. The van der Waals surface area contributed by atoms with E-state index >= 15 is 0 Å². The summed E-state index contributed by atoms with van der Waals surface area (Å²) in [6.07, 6.45) is 0.926. The highest BCUT2D eigenvalue weighted by molar-refractivity contribution is 6.31. The van der Waals surface area contributed by atoms with E-state index in [4.69, 9.17) is 25.5 Å². The number of ketones is 1. The summed E-state index contributed by atoms with van der Waals surface area (Å²) >= 11 is 6.42. The maximum atomic E-state index is 13.5. The molecule has 0 fully saturated rings. The number of rotatable bonds is 6. The SMILES string of the molecule is COCCOC(=O)C1=C(C)NC2=C(C(=O)C[C@@H](c3ccccc3Cl)C2)[C@@H]1c1ccc(C)o1. The molecule has 0 amide bonds. The van der Waals surface area contributed by atoms with Crippen molar-refractivity contribution in [1.29, 1.82) is 0 Å². The Kier molecular flexibility index (Phi) is 6.53. The molecule has 0 radical (unpaired) electrons. The first-order chi connectivity index (χ1) is 15.4. The van der Waals surface area contributed by atoms with Gasteiger partial charge < -0.3 is 19.2 Å². The van der Waals surface area contributed by atoms with Gasteiger partial charge in [-0.1, -0.05) is 29.8 Å². The first-order valence-electron chi connectivity index (χ1n) is 10.6. The van der Waals surface area contributed by atoms with Crippen LogP contribution >= 0.6 is 11.6 Å². The Bertz CT molecular complexity index is 1110. The summed E-state index contributed by atoms with van der Waals surface area (Å²) in [4.78, 5) is 26.5. The maximum Gasteiger partial charge on any atom is 0.336 e. The molecule has 0 bridgehead atoms. The largest absolute Gasteiger partial charge is 0.465 e. The van der Waals surface area contributed by atoms with Crippen LogP contribution < -0.4 is 5.32 Å². The van der Waals surface area contributed by atoms with E-state index < -0.39 is 11.9 Å². The molecule has 168 valence electrons. The molecule has 2 heterocycles. The Balaban J connectivity index is 1.74. The quantitative estimate of drug-likeness (QED) is 0.498. The van der Waals surface area contributed by atoms with E-state index in [0.717, 1.165) is 11.3 Å². The highest BCUT2D eigenvalue weighted by atomic mass is 35.5. The molecule has 32 heavy (non-hydrogen) atoms. The van der Waals surface area contributed by atoms with Crippen LogP contribution in [0.2, 0.25) is 5.02 Å². The zero-order valence-corrected chi connectivity index (χ0v) is 19.1. The number of carbonyl (C=O) groups excluding carboxylic acids is 2. The van der Waals surface area contributed by atoms with Gasteiger partial charge in [0.15, 0.2) is 5.78 Å². The Morgan fingerprint density at radius 3 is 2.62 bits per heavy atom. The van der Waals surface area contributed by atoms with Crippen molar-refractivity contribution in [3.8, 4) is 0 Å². The highest BCUT2D eigenvalue weighted by Gasteiger charge is 2.43. The van der Waals surface area contributed by atoms with Gasteiger partial charge in [-0.3, -0.25) is 4.79 Å². The van der Waals surface area contributed by atoms with E-state index in [9.17, 15) is 9.59 Å². The van der Waals surface area contributed by atoms with Gasteiger partial charge in [-0.05, 0) is 49.9 Å². The number of halogens is 1. The van der Waals surface area contributed by atoms with Gasteiger partial charge in [-0.15, -0.1) is 0 Å². The highest BCUT2D eigenvalue weighted by Crippen LogP contribution is 2.46. The number of Topliss-reactive ketones (excluding diaryl/α,β-unsaturated/α-hetero) is 1. The molecule has 0 saturated heterocycles. The van der Waals surface area contributed by atoms with Gasteiger partial charge in [0.25, 0.3) is 0 Å². The molecule has 1 aliphatic heterocycles. The molecule has 0 unspecified atom stereocenters. The lowest BCUT2D eigenvalue weighted by molar-refractivity contribution is -0.140. The fraction of sp³-hybridized carbons (Fsp3) is 0.360. The number of hydrogen-bond donors (Lipinski definition) is 1. The number of furan rings is 1. The lowest BCUT2D eigenvalue weighted by atomic mass is 9.73. The van der Waals surface area contributed by atoms with Crippen LogP contribution in [0.25, 0.3) is 0 Å². The van der Waals surface area contributed by atoms with Crippen molar-refractivity contribution in [2.24, 2.45) is 0 Å². The minimum absolute atomic E-state index is 0.0302.